The van der Waals surface area contributed by atoms with Crippen LogP contribution in [0.4, 0.5) is 0 Å². The maximum absolute atomic E-state index is 11.9. The molecule has 1 amide bonds. The summed E-state index contributed by atoms with van der Waals surface area (Å²) in [7, 11) is 1.25. The van der Waals surface area contributed by atoms with E-state index in [0.717, 1.165) is 0 Å². The van der Waals surface area contributed by atoms with Gasteiger partial charge in [0.05, 0.1) is 18.7 Å². The van der Waals surface area contributed by atoms with Gasteiger partial charge in [0.25, 0.3) is 5.91 Å². The molecule has 2 N–H and O–H groups in total. The van der Waals surface area contributed by atoms with Gasteiger partial charge in [-0.2, -0.15) is 0 Å². The SMILES string of the molecule is COC(CNC(=O)c1cnc(OCC(C)C)c(Cl)c1)C(=O)O. The number of hydrogen-bond donors (Lipinski definition) is 2. The summed E-state index contributed by atoms with van der Waals surface area (Å²) in [5.74, 6) is -1.07. The minimum absolute atomic E-state index is 0.159. The molecule has 0 saturated heterocycles. The van der Waals surface area contributed by atoms with Crippen LogP contribution in [0.1, 0.15) is 24.2 Å². The standard InChI is InChI=1S/C14H19ClN2O5/c1-8(2)7-22-13-10(15)4-9(5-17-13)12(18)16-6-11(21-3)14(19)20/h4-5,8,11H,6-7H2,1-3H3,(H,16,18)(H,19,20). The third-order valence-corrected chi connectivity index (χ3v) is 2.90. The zero-order chi connectivity index (χ0) is 16.7. The Hall–Kier alpha value is -1.86. The Balaban J connectivity index is 2.67. The van der Waals surface area contributed by atoms with E-state index in [9.17, 15) is 9.59 Å². The number of hydrogen-bond acceptors (Lipinski definition) is 5. The number of carboxylic acids is 1. The van der Waals surface area contributed by atoms with Crippen molar-refractivity contribution in [3.05, 3.63) is 22.8 Å². The summed E-state index contributed by atoms with van der Waals surface area (Å²) >= 11 is 6.01. The summed E-state index contributed by atoms with van der Waals surface area (Å²) in [4.78, 5) is 26.7. The predicted octanol–water partition coefficient (Wildman–Crippen LogP) is 1.60. The summed E-state index contributed by atoms with van der Waals surface area (Å²) in [6.07, 6.45) is 0.209. The Kier molecular flexibility index (Phi) is 7.07. The van der Waals surface area contributed by atoms with Crippen molar-refractivity contribution in [2.24, 2.45) is 5.92 Å². The first-order chi connectivity index (χ1) is 10.3. The number of pyridine rings is 1. The Morgan fingerprint density at radius 3 is 2.64 bits per heavy atom. The summed E-state index contributed by atoms with van der Waals surface area (Å²) in [6.45, 7) is 4.29. The molecule has 0 bridgehead atoms. The maximum atomic E-state index is 11.9. The molecule has 0 aliphatic rings. The zero-order valence-corrected chi connectivity index (χ0v) is 13.4. The first kappa shape index (κ1) is 18.2. The van der Waals surface area contributed by atoms with Gasteiger partial charge in [-0.1, -0.05) is 25.4 Å². The molecule has 8 heteroatoms. The van der Waals surface area contributed by atoms with Gasteiger partial charge in [0.15, 0.2) is 6.10 Å². The van der Waals surface area contributed by atoms with Crippen molar-refractivity contribution in [2.45, 2.75) is 20.0 Å². The second-order valence-corrected chi connectivity index (χ2v) is 5.40. The van der Waals surface area contributed by atoms with E-state index in [0.29, 0.717) is 12.5 Å². The molecule has 0 spiro atoms. The maximum Gasteiger partial charge on any atom is 0.334 e. The Morgan fingerprint density at radius 2 is 2.14 bits per heavy atom. The van der Waals surface area contributed by atoms with Crippen molar-refractivity contribution >= 4 is 23.5 Å². The van der Waals surface area contributed by atoms with Crippen molar-refractivity contribution in [3.8, 4) is 5.88 Å². The molecule has 22 heavy (non-hydrogen) atoms. The van der Waals surface area contributed by atoms with E-state index in [1.165, 1.54) is 19.4 Å². The average molecular weight is 331 g/mol. The minimum Gasteiger partial charge on any atom is -0.479 e. The number of rotatable bonds is 8. The van der Waals surface area contributed by atoms with E-state index in [1.807, 2.05) is 13.8 Å². The lowest BCUT2D eigenvalue weighted by atomic mass is 10.2. The molecule has 0 aliphatic carbocycles. The normalized spacial score (nSPS) is 12.0. The molecular formula is C14H19ClN2O5. The zero-order valence-electron chi connectivity index (χ0n) is 12.6. The monoisotopic (exact) mass is 330 g/mol. The molecule has 0 radical (unpaired) electrons. The van der Waals surface area contributed by atoms with E-state index in [-0.39, 0.29) is 23.0 Å². The van der Waals surface area contributed by atoms with Crippen LogP contribution in [0.2, 0.25) is 5.02 Å². The third-order valence-electron chi connectivity index (χ3n) is 2.63. The lowest BCUT2D eigenvalue weighted by Gasteiger charge is -2.12. The van der Waals surface area contributed by atoms with E-state index in [1.54, 1.807) is 0 Å². The minimum atomic E-state index is -1.16. The van der Waals surface area contributed by atoms with E-state index >= 15 is 0 Å². The van der Waals surface area contributed by atoms with Crippen molar-refractivity contribution in [1.29, 1.82) is 0 Å². The van der Waals surface area contributed by atoms with Crippen LogP contribution in [0.15, 0.2) is 12.3 Å². The first-order valence-electron chi connectivity index (χ1n) is 6.67. The van der Waals surface area contributed by atoms with Crippen LogP contribution in [0.25, 0.3) is 0 Å². The summed E-state index contributed by atoms with van der Waals surface area (Å²) in [6, 6.07) is 1.42. The summed E-state index contributed by atoms with van der Waals surface area (Å²) in [5, 5.41) is 11.5. The summed E-state index contributed by atoms with van der Waals surface area (Å²) in [5.41, 5.74) is 0.210. The van der Waals surface area contributed by atoms with E-state index < -0.39 is 18.0 Å². The van der Waals surface area contributed by atoms with Gasteiger partial charge >= 0.3 is 5.97 Å². The van der Waals surface area contributed by atoms with Gasteiger partial charge in [0.2, 0.25) is 5.88 Å². The van der Waals surface area contributed by atoms with Gasteiger partial charge in [-0.05, 0) is 12.0 Å². The number of aromatic nitrogens is 1. The van der Waals surface area contributed by atoms with Crippen LogP contribution in [-0.2, 0) is 9.53 Å². The van der Waals surface area contributed by atoms with Gasteiger partial charge < -0.3 is 19.9 Å². The number of methoxy groups -OCH3 is 1. The molecule has 122 valence electrons. The lowest BCUT2D eigenvalue weighted by molar-refractivity contribution is -0.148. The topological polar surface area (TPSA) is 97.8 Å². The number of carbonyl (C=O) groups is 2. The number of halogens is 1. The molecule has 0 fully saturated rings. The number of ether oxygens (including phenoxy) is 2. The number of nitrogens with zero attached hydrogens (tertiary/aromatic N) is 1. The van der Waals surface area contributed by atoms with Crippen LogP contribution < -0.4 is 10.1 Å². The van der Waals surface area contributed by atoms with Gasteiger partial charge in [-0.3, -0.25) is 4.79 Å². The van der Waals surface area contributed by atoms with E-state index in [4.69, 9.17) is 26.2 Å². The molecule has 0 aromatic carbocycles. The van der Waals surface area contributed by atoms with Gasteiger partial charge in [-0.15, -0.1) is 0 Å². The Morgan fingerprint density at radius 1 is 1.45 bits per heavy atom. The van der Waals surface area contributed by atoms with Crippen LogP contribution in [0.5, 0.6) is 5.88 Å². The quantitative estimate of drug-likeness (QED) is 0.751. The lowest BCUT2D eigenvalue weighted by Crippen LogP contribution is -2.37. The molecule has 1 rings (SSSR count). The van der Waals surface area contributed by atoms with Gasteiger partial charge in [0, 0.05) is 13.3 Å². The molecule has 1 heterocycles. The van der Waals surface area contributed by atoms with Crippen molar-refractivity contribution in [1.82, 2.24) is 10.3 Å². The molecule has 0 saturated carbocycles. The van der Waals surface area contributed by atoms with Crippen LogP contribution in [0, 0.1) is 5.92 Å². The van der Waals surface area contributed by atoms with E-state index in [2.05, 4.69) is 10.3 Å². The molecule has 1 unspecified atom stereocenters. The highest BCUT2D eigenvalue weighted by Crippen LogP contribution is 2.22. The second-order valence-electron chi connectivity index (χ2n) is 4.99. The van der Waals surface area contributed by atoms with Gasteiger partial charge in [-0.25, -0.2) is 9.78 Å². The predicted molar refractivity (Wildman–Crippen MR) is 80.3 cm³/mol. The van der Waals surface area contributed by atoms with Crippen molar-refractivity contribution in [3.63, 3.8) is 0 Å². The van der Waals surface area contributed by atoms with Gasteiger partial charge in [0.1, 0.15) is 5.02 Å². The highest BCUT2D eigenvalue weighted by Gasteiger charge is 2.18. The smallest absolute Gasteiger partial charge is 0.334 e. The van der Waals surface area contributed by atoms with Crippen LogP contribution >= 0.6 is 11.6 Å². The molecular weight excluding hydrogens is 312 g/mol. The summed E-state index contributed by atoms with van der Waals surface area (Å²) < 4.78 is 10.1. The molecule has 1 aromatic heterocycles. The number of nitrogens with one attached hydrogen (secondary N) is 1. The molecule has 1 atom stereocenters. The third kappa shape index (κ3) is 5.50. The van der Waals surface area contributed by atoms with Crippen molar-refractivity contribution in [2.75, 3.05) is 20.3 Å². The Labute approximate surface area is 133 Å². The fraction of sp³-hybridized carbons (Fsp3) is 0.500. The largest absolute Gasteiger partial charge is 0.479 e. The molecule has 7 nitrogen and oxygen atoms in total. The second kappa shape index (κ2) is 8.55. The fourth-order valence-electron chi connectivity index (χ4n) is 1.46. The van der Waals surface area contributed by atoms with Crippen LogP contribution in [0.3, 0.4) is 0 Å². The van der Waals surface area contributed by atoms with Crippen molar-refractivity contribution < 1.29 is 24.2 Å². The number of aliphatic carboxylic acids is 1. The number of carboxylic acid groups (broad SMARTS) is 1. The van der Waals surface area contributed by atoms with Crippen LogP contribution in [-0.4, -0.2) is 48.3 Å². The average Bonchev–Trinajstić information content (AvgIpc) is 2.45. The highest BCUT2D eigenvalue weighted by molar-refractivity contribution is 6.32. The number of carbonyl (C=O) groups excluding carboxylic acids is 1. The Bertz CT molecular complexity index is 536. The fourth-order valence-corrected chi connectivity index (χ4v) is 1.68. The molecule has 0 aliphatic heterocycles. The number of amides is 1. The highest BCUT2D eigenvalue weighted by atomic mass is 35.5. The first-order valence-corrected chi connectivity index (χ1v) is 7.05. The molecule has 1 aromatic rings.